The third kappa shape index (κ3) is 3.79. The third-order valence-electron chi connectivity index (χ3n) is 5.86. The van der Waals surface area contributed by atoms with Crippen LogP contribution in [0.15, 0.2) is 58.4 Å². The molecule has 4 nitrogen and oxygen atoms in total. The number of benzene rings is 2. The monoisotopic (exact) mass is 382 g/mol. The predicted octanol–water partition coefficient (Wildman–Crippen LogP) is 4.61. The number of aliphatic imine (C=N–C) groups is 1. The smallest absolute Gasteiger partial charge is 0.175 e. The van der Waals surface area contributed by atoms with E-state index in [0.717, 1.165) is 36.3 Å². The van der Waals surface area contributed by atoms with Crippen LogP contribution < -0.4 is 5.32 Å². The summed E-state index contributed by atoms with van der Waals surface area (Å²) in [7, 11) is -3.20. The SMILES string of the molecule is CS(=O)(=O)c1cccc(CN=C2Nc3ccccc3CC23CCCCC3)c1. The lowest BCUT2D eigenvalue weighted by Crippen LogP contribution is -2.43. The molecule has 1 saturated carbocycles. The van der Waals surface area contributed by atoms with Crippen molar-refractivity contribution in [1.82, 2.24) is 0 Å². The van der Waals surface area contributed by atoms with Gasteiger partial charge in [-0.3, -0.25) is 4.99 Å². The van der Waals surface area contributed by atoms with E-state index in [4.69, 9.17) is 4.99 Å². The highest BCUT2D eigenvalue weighted by atomic mass is 32.2. The molecule has 0 radical (unpaired) electrons. The second-order valence-corrected chi connectivity index (χ2v) is 9.90. The third-order valence-corrected chi connectivity index (χ3v) is 6.97. The van der Waals surface area contributed by atoms with Crippen molar-refractivity contribution in [2.24, 2.45) is 10.4 Å². The first-order valence-corrected chi connectivity index (χ1v) is 11.5. The molecule has 27 heavy (non-hydrogen) atoms. The van der Waals surface area contributed by atoms with Gasteiger partial charge in [0.05, 0.1) is 11.4 Å². The van der Waals surface area contributed by atoms with Gasteiger partial charge in [0.1, 0.15) is 5.84 Å². The molecule has 4 rings (SSSR count). The summed E-state index contributed by atoms with van der Waals surface area (Å²) in [5.41, 5.74) is 3.55. The van der Waals surface area contributed by atoms with E-state index in [1.54, 1.807) is 18.2 Å². The van der Waals surface area contributed by atoms with Crippen molar-refractivity contribution < 1.29 is 8.42 Å². The van der Waals surface area contributed by atoms with Gasteiger partial charge >= 0.3 is 0 Å². The van der Waals surface area contributed by atoms with E-state index < -0.39 is 9.84 Å². The van der Waals surface area contributed by atoms with Gasteiger partial charge in [-0.2, -0.15) is 0 Å². The average molecular weight is 383 g/mol. The van der Waals surface area contributed by atoms with E-state index in [1.165, 1.54) is 31.1 Å². The number of anilines is 1. The number of fused-ring (bicyclic) bond motifs is 1. The van der Waals surface area contributed by atoms with Crippen LogP contribution in [0, 0.1) is 5.41 Å². The van der Waals surface area contributed by atoms with Crippen LogP contribution in [-0.4, -0.2) is 20.5 Å². The first kappa shape index (κ1) is 18.2. The topological polar surface area (TPSA) is 58.5 Å². The summed E-state index contributed by atoms with van der Waals surface area (Å²) in [6, 6.07) is 15.6. The Morgan fingerprint density at radius 3 is 2.59 bits per heavy atom. The summed E-state index contributed by atoms with van der Waals surface area (Å²) in [4.78, 5) is 5.32. The number of hydrogen-bond acceptors (Lipinski definition) is 3. The normalized spacial score (nSPS) is 20.3. The summed E-state index contributed by atoms with van der Waals surface area (Å²) in [5.74, 6) is 1.07. The fraction of sp³-hybridized carbons (Fsp3) is 0.409. The summed E-state index contributed by atoms with van der Waals surface area (Å²) in [5, 5.41) is 3.60. The summed E-state index contributed by atoms with van der Waals surface area (Å²) in [6.45, 7) is 0.496. The Balaban J connectivity index is 1.66. The summed E-state index contributed by atoms with van der Waals surface area (Å²) >= 11 is 0. The van der Waals surface area contributed by atoms with Crippen molar-refractivity contribution in [3.05, 3.63) is 59.7 Å². The molecule has 1 aliphatic carbocycles. The van der Waals surface area contributed by atoms with Gasteiger partial charge in [-0.25, -0.2) is 8.42 Å². The Kier molecular flexibility index (Phi) is 4.81. The number of nitrogens with zero attached hydrogens (tertiary/aromatic N) is 1. The Hall–Kier alpha value is -2.14. The lowest BCUT2D eigenvalue weighted by atomic mass is 9.67. The van der Waals surface area contributed by atoms with Gasteiger partial charge in [0.25, 0.3) is 0 Å². The number of sulfone groups is 1. The lowest BCUT2D eigenvalue weighted by molar-refractivity contribution is 0.278. The van der Waals surface area contributed by atoms with Crippen LogP contribution in [0.25, 0.3) is 0 Å². The molecule has 2 aromatic carbocycles. The van der Waals surface area contributed by atoms with Crippen LogP contribution >= 0.6 is 0 Å². The van der Waals surface area contributed by atoms with E-state index in [2.05, 4.69) is 29.6 Å². The highest BCUT2D eigenvalue weighted by Gasteiger charge is 2.40. The Bertz CT molecular complexity index is 973. The molecule has 2 aliphatic rings. The maximum absolute atomic E-state index is 11.8. The van der Waals surface area contributed by atoms with Crippen molar-refractivity contribution in [3.63, 3.8) is 0 Å². The molecule has 1 spiro atoms. The molecule has 1 N–H and O–H groups in total. The molecule has 0 saturated heterocycles. The molecule has 1 heterocycles. The van der Waals surface area contributed by atoms with Crippen molar-refractivity contribution in [3.8, 4) is 0 Å². The molecule has 0 bridgehead atoms. The van der Waals surface area contributed by atoms with E-state index in [-0.39, 0.29) is 5.41 Å². The van der Waals surface area contributed by atoms with Crippen molar-refractivity contribution in [2.45, 2.75) is 50.0 Å². The van der Waals surface area contributed by atoms with Crippen LogP contribution in [0.3, 0.4) is 0 Å². The van der Waals surface area contributed by atoms with E-state index in [1.807, 2.05) is 6.07 Å². The quantitative estimate of drug-likeness (QED) is 0.843. The number of rotatable bonds is 3. The number of hydrogen-bond donors (Lipinski definition) is 1. The second kappa shape index (κ2) is 7.12. The zero-order chi connectivity index (χ0) is 18.9. The van der Waals surface area contributed by atoms with Crippen molar-refractivity contribution >= 4 is 21.4 Å². The second-order valence-electron chi connectivity index (χ2n) is 7.88. The summed E-state index contributed by atoms with van der Waals surface area (Å²) < 4.78 is 23.6. The standard InChI is InChI=1S/C22H26N2O2S/c1-27(25,26)19-10-7-8-17(14-19)16-23-21-22(12-5-2-6-13-22)15-18-9-3-4-11-20(18)24-21/h3-4,7-11,14H,2,5-6,12-13,15-16H2,1H3,(H,23,24). The molecule has 0 atom stereocenters. The predicted molar refractivity (Wildman–Crippen MR) is 110 cm³/mol. The lowest BCUT2D eigenvalue weighted by Gasteiger charge is -2.42. The maximum atomic E-state index is 11.8. The molecule has 0 aromatic heterocycles. The van der Waals surface area contributed by atoms with Gasteiger partial charge in [0.2, 0.25) is 0 Å². The van der Waals surface area contributed by atoms with E-state index in [0.29, 0.717) is 11.4 Å². The zero-order valence-electron chi connectivity index (χ0n) is 15.7. The minimum absolute atomic E-state index is 0.0983. The highest BCUT2D eigenvalue weighted by Crippen LogP contribution is 2.45. The first-order chi connectivity index (χ1) is 13.0. The molecule has 0 unspecified atom stereocenters. The molecular formula is C22H26N2O2S. The van der Waals surface area contributed by atoms with Gasteiger partial charge in [-0.05, 0) is 48.6 Å². The molecule has 142 valence electrons. The van der Waals surface area contributed by atoms with Crippen LogP contribution in [0.5, 0.6) is 0 Å². The van der Waals surface area contributed by atoms with E-state index >= 15 is 0 Å². The van der Waals surface area contributed by atoms with Gasteiger partial charge in [0, 0.05) is 17.4 Å². The molecular weight excluding hydrogens is 356 g/mol. The maximum Gasteiger partial charge on any atom is 0.175 e. The van der Waals surface area contributed by atoms with Crippen molar-refractivity contribution in [1.29, 1.82) is 0 Å². The van der Waals surface area contributed by atoms with Gasteiger partial charge in [0.15, 0.2) is 9.84 Å². The average Bonchev–Trinajstić information content (AvgIpc) is 2.66. The number of para-hydroxylation sites is 1. The van der Waals surface area contributed by atoms with Gasteiger partial charge in [-0.1, -0.05) is 49.6 Å². The van der Waals surface area contributed by atoms with Crippen LogP contribution in [0.4, 0.5) is 5.69 Å². The molecule has 0 amide bonds. The number of amidine groups is 1. The largest absolute Gasteiger partial charge is 0.343 e. The van der Waals surface area contributed by atoms with Gasteiger partial charge in [-0.15, -0.1) is 0 Å². The minimum Gasteiger partial charge on any atom is -0.343 e. The van der Waals surface area contributed by atoms with Gasteiger partial charge < -0.3 is 5.32 Å². The van der Waals surface area contributed by atoms with Crippen LogP contribution in [0.1, 0.15) is 43.2 Å². The van der Waals surface area contributed by atoms with E-state index in [9.17, 15) is 8.42 Å². The number of nitrogens with one attached hydrogen (secondary N) is 1. The fourth-order valence-electron chi connectivity index (χ4n) is 4.40. The zero-order valence-corrected chi connectivity index (χ0v) is 16.6. The van der Waals surface area contributed by atoms with Crippen molar-refractivity contribution in [2.75, 3.05) is 11.6 Å². The molecule has 1 aliphatic heterocycles. The fourth-order valence-corrected chi connectivity index (χ4v) is 5.09. The Labute approximate surface area is 161 Å². The Morgan fingerprint density at radius 2 is 1.81 bits per heavy atom. The molecule has 1 fully saturated rings. The Morgan fingerprint density at radius 1 is 1.04 bits per heavy atom. The van der Waals surface area contributed by atoms with Crippen LogP contribution in [-0.2, 0) is 22.8 Å². The molecule has 2 aromatic rings. The van der Waals surface area contributed by atoms with Crippen LogP contribution in [0.2, 0.25) is 0 Å². The molecule has 5 heteroatoms. The first-order valence-electron chi connectivity index (χ1n) is 9.65. The summed E-state index contributed by atoms with van der Waals surface area (Å²) in [6.07, 6.45) is 8.39. The minimum atomic E-state index is -3.20. The highest BCUT2D eigenvalue weighted by molar-refractivity contribution is 7.90.